The van der Waals surface area contributed by atoms with Crippen LogP contribution in [-0.4, -0.2) is 171 Å². The molecule has 1 aromatic carbocycles. The number of unbranched alkanes of at least 4 members (excludes halogenated alkanes) is 2. The lowest BCUT2D eigenvalue weighted by atomic mass is 9.87. The number of aliphatic hydroxyl groups excluding tert-OH is 2. The number of hydrogen-bond donors (Lipinski definition) is 14. The maximum Gasteiger partial charge on any atom is 0.304 e. The molecule has 0 spiro atoms. The third kappa shape index (κ3) is 33.1. The molecule has 0 aliphatic rings. The number of ketones is 5. The van der Waals surface area contributed by atoms with Crippen LogP contribution in [0, 0.1) is 47.3 Å². The summed E-state index contributed by atoms with van der Waals surface area (Å²) in [6.07, 6.45) is -0.149. The molecular formula is C64H107N11O16S. The Bertz CT molecular complexity index is 2580. The number of carbonyl (C=O) groups is 12. The third-order valence-electron chi connectivity index (χ3n) is 15.8. The fourth-order valence-electron chi connectivity index (χ4n) is 10.4. The number of carboxylic acid groups (broad SMARTS) is 1. The summed E-state index contributed by atoms with van der Waals surface area (Å²) in [5.41, 5.74) is 28.6. The number of Topliss-reactive ketones (excluding diaryl/α,β-unsaturated/α-hetero) is 5. The van der Waals surface area contributed by atoms with Crippen molar-refractivity contribution in [2.24, 2.45) is 81.0 Å². The van der Waals surface area contributed by atoms with Crippen molar-refractivity contribution < 1.29 is 78.0 Å². The van der Waals surface area contributed by atoms with E-state index in [0.717, 1.165) is 19.8 Å². The van der Waals surface area contributed by atoms with E-state index in [1.807, 2.05) is 27.7 Å². The first-order valence-electron chi connectivity index (χ1n) is 32.0. The van der Waals surface area contributed by atoms with Gasteiger partial charge in [-0.1, -0.05) is 60.1 Å². The number of aliphatic hydroxyl groups is 2. The topological polar surface area (TPSA) is 488 Å². The van der Waals surface area contributed by atoms with Gasteiger partial charge in [0.15, 0.2) is 34.9 Å². The zero-order valence-electron chi connectivity index (χ0n) is 55.1. The molecule has 1 rings (SSSR count). The maximum absolute atomic E-state index is 14.6. The fraction of sp³-hybridized carbons (Fsp3) is 0.703. The number of rotatable bonds is 51. The molecule has 0 saturated carbocycles. The van der Waals surface area contributed by atoms with Gasteiger partial charge in [0.25, 0.3) is 0 Å². The predicted octanol–water partition coefficient (Wildman–Crippen LogP) is 1.38. The van der Waals surface area contributed by atoms with Crippen molar-refractivity contribution in [1.29, 1.82) is 0 Å². The first-order valence-corrected chi connectivity index (χ1v) is 33.4. The van der Waals surface area contributed by atoms with Gasteiger partial charge >= 0.3 is 5.97 Å². The number of aromatic hydroxyl groups is 1. The Balaban J connectivity index is 3.52. The van der Waals surface area contributed by atoms with Crippen molar-refractivity contribution in [2.45, 2.75) is 200 Å². The Morgan fingerprint density at radius 2 is 0.978 bits per heavy atom. The van der Waals surface area contributed by atoms with Crippen molar-refractivity contribution in [3.05, 3.63) is 29.8 Å². The van der Waals surface area contributed by atoms with E-state index >= 15 is 0 Å². The molecule has 0 saturated heterocycles. The summed E-state index contributed by atoms with van der Waals surface area (Å²) >= 11 is 1.32. The van der Waals surface area contributed by atoms with Crippen LogP contribution in [0.1, 0.15) is 163 Å². The minimum atomic E-state index is -1.77. The Morgan fingerprint density at radius 1 is 0.511 bits per heavy atom. The van der Waals surface area contributed by atoms with Crippen LogP contribution in [0.5, 0.6) is 5.75 Å². The molecule has 27 nitrogen and oxygen atoms in total. The number of carboxylic acids is 1. The standard InChI is InChI=1S/C64H107N11O16S/c1-36(2)26-43(58(67)86)31-52(80)48(16-13-24-70-64(68)69)72-62(90)44(29-41-17-19-46(78)20-18-41)32-53(81)47(15-10-12-23-66)71-63(91)45(34-56(84)85)33-55(83)57(40(7)77)75-61(89)42(21-25-92-8)30-54(82)50(35-76)74-60(88)39(6)28-51(79)49(27-37(3)4)73-59(87)38(5)14-9-11-22-65/h17-20,36-40,42-45,47-50,57,76-78H,9-16,21-35,65-66H2,1-8H3,(H2,67,86)(H,71,91)(H,72,90)(H,73,87)(H,74,88)(H,75,89)(H,84,85)(H4,68,69,70)/t38-,39+,40+,42+,43+,44+,45-,47-,48-,49-,50-,57-/m0/s1. The zero-order valence-corrected chi connectivity index (χ0v) is 55.9. The average molecular weight is 1320 g/mol. The number of nitrogens with two attached hydrogens (primary N) is 5. The minimum absolute atomic E-state index is 0.00732. The van der Waals surface area contributed by atoms with Gasteiger partial charge in [-0.25, -0.2) is 0 Å². The van der Waals surface area contributed by atoms with Crippen LogP contribution in [-0.2, 0) is 64.0 Å². The summed E-state index contributed by atoms with van der Waals surface area (Å²) in [4.78, 5) is 168. The van der Waals surface area contributed by atoms with Crippen molar-refractivity contribution in [3.63, 3.8) is 0 Å². The lowest BCUT2D eigenvalue weighted by Crippen LogP contribution is -2.52. The Morgan fingerprint density at radius 3 is 1.49 bits per heavy atom. The molecule has 0 fully saturated rings. The van der Waals surface area contributed by atoms with E-state index in [-0.39, 0.29) is 99.8 Å². The highest BCUT2D eigenvalue weighted by Crippen LogP contribution is 2.24. The second-order valence-electron chi connectivity index (χ2n) is 25.0. The average Bonchev–Trinajstić information content (AvgIpc) is 1.19. The SMILES string of the molecule is CSCC[C@H](CC(=O)[C@H](CO)NC(=O)[C@H](C)CC(=O)[C@H](CC(C)C)NC(=O)[C@@H](C)CCCCN)C(=O)N[C@H](C(=O)C[C@@H](CC(=O)O)C(=O)N[C@@H](CCCCN)C(=O)C[C@@H](Cc1ccc(O)cc1)C(=O)N[C@@H](CCCN=C(N)N)C(=O)C[C@@H](CC(C)C)C(N)=O)[C@@H](C)O. The minimum Gasteiger partial charge on any atom is -0.508 e. The van der Waals surface area contributed by atoms with Crippen LogP contribution < -0.4 is 55.3 Å². The molecule has 0 aliphatic carbocycles. The van der Waals surface area contributed by atoms with E-state index in [0.29, 0.717) is 43.5 Å². The lowest BCUT2D eigenvalue weighted by Gasteiger charge is -2.27. The number of amides is 6. The van der Waals surface area contributed by atoms with Crippen LogP contribution in [0.2, 0.25) is 0 Å². The number of phenols is 1. The molecule has 520 valence electrons. The summed E-state index contributed by atoms with van der Waals surface area (Å²) < 4.78 is 0. The van der Waals surface area contributed by atoms with E-state index in [2.05, 4.69) is 31.6 Å². The van der Waals surface area contributed by atoms with Gasteiger partial charge in [-0.15, -0.1) is 0 Å². The van der Waals surface area contributed by atoms with E-state index in [9.17, 15) is 78.0 Å². The highest BCUT2D eigenvalue weighted by molar-refractivity contribution is 7.98. The normalized spacial score (nSPS) is 15.3. The number of nitrogens with one attached hydrogen (secondary N) is 5. The second kappa shape index (κ2) is 44.6. The van der Waals surface area contributed by atoms with Gasteiger partial charge in [0, 0.05) is 68.2 Å². The summed E-state index contributed by atoms with van der Waals surface area (Å²) in [6.45, 7) is 11.7. The molecule has 1 aromatic rings. The van der Waals surface area contributed by atoms with Crippen molar-refractivity contribution in [1.82, 2.24) is 26.6 Å². The fourth-order valence-corrected chi connectivity index (χ4v) is 10.9. The van der Waals surface area contributed by atoms with Gasteiger partial charge in [0.05, 0.1) is 43.2 Å². The Labute approximate surface area is 545 Å². The molecule has 28 heteroatoms. The molecule has 92 heavy (non-hydrogen) atoms. The van der Waals surface area contributed by atoms with E-state index < -0.39 is 163 Å². The van der Waals surface area contributed by atoms with Gasteiger partial charge in [-0.3, -0.25) is 62.5 Å². The molecule has 12 atom stereocenters. The van der Waals surface area contributed by atoms with Gasteiger partial charge in [-0.05, 0) is 132 Å². The summed E-state index contributed by atoms with van der Waals surface area (Å²) in [7, 11) is 0. The van der Waals surface area contributed by atoms with E-state index in [1.165, 1.54) is 43.0 Å². The van der Waals surface area contributed by atoms with E-state index in [4.69, 9.17) is 28.7 Å². The van der Waals surface area contributed by atoms with Gasteiger partial charge in [-0.2, -0.15) is 11.8 Å². The molecule has 0 radical (unpaired) electrons. The maximum atomic E-state index is 14.6. The molecular weight excluding hydrogens is 1210 g/mol. The van der Waals surface area contributed by atoms with Crippen LogP contribution in [0.4, 0.5) is 0 Å². The summed E-state index contributed by atoms with van der Waals surface area (Å²) in [5, 5.41) is 54.5. The number of phenolic OH excluding ortho intramolecular Hbond substituents is 1. The third-order valence-corrected chi connectivity index (χ3v) is 16.4. The number of guanidine groups is 1. The monoisotopic (exact) mass is 1320 g/mol. The molecule has 0 unspecified atom stereocenters. The number of hydrogen-bond acceptors (Lipinski definition) is 19. The Hall–Kier alpha value is -6.88. The molecule has 0 heterocycles. The largest absolute Gasteiger partial charge is 0.508 e. The predicted molar refractivity (Wildman–Crippen MR) is 350 cm³/mol. The number of aliphatic imine (C=N–C) groups is 1. The van der Waals surface area contributed by atoms with Crippen LogP contribution >= 0.6 is 11.8 Å². The number of benzene rings is 1. The molecule has 19 N–H and O–H groups in total. The summed E-state index contributed by atoms with van der Waals surface area (Å²) in [5.74, 6) is -15.8. The van der Waals surface area contributed by atoms with Crippen LogP contribution in [0.15, 0.2) is 29.3 Å². The first kappa shape index (κ1) is 83.1. The number of primary amides is 1. The van der Waals surface area contributed by atoms with Crippen LogP contribution in [0.3, 0.4) is 0 Å². The van der Waals surface area contributed by atoms with Gasteiger partial charge in [0.2, 0.25) is 35.4 Å². The molecule has 6 amide bonds. The Kier molecular flexibility index (Phi) is 40.3. The van der Waals surface area contributed by atoms with Gasteiger partial charge < -0.3 is 75.7 Å². The number of aliphatic carboxylic acids is 1. The smallest absolute Gasteiger partial charge is 0.304 e. The number of thioether (sulfide) groups is 1. The van der Waals surface area contributed by atoms with Gasteiger partial charge in [0.1, 0.15) is 17.8 Å². The quantitative estimate of drug-likeness (QED) is 0.0249. The first-order chi connectivity index (χ1) is 43.3. The van der Waals surface area contributed by atoms with Crippen molar-refractivity contribution in [2.75, 3.05) is 38.2 Å². The van der Waals surface area contributed by atoms with Crippen LogP contribution in [0.25, 0.3) is 0 Å². The molecule has 0 aliphatic heterocycles. The number of carbonyl (C=O) groups excluding carboxylic acids is 11. The van der Waals surface area contributed by atoms with E-state index in [1.54, 1.807) is 13.2 Å². The highest BCUT2D eigenvalue weighted by atomic mass is 32.2. The van der Waals surface area contributed by atoms with Crippen molar-refractivity contribution in [3.8, 4) is 5.75 Å². The highest BCUT2D eigenvalue weighted by Gasteiger charge is 2.38. The molecule has 0 bridgehead atoms. The zero-order chi connectivity index (χ0) is 69.8. The lowest BCUT2D eigenvalue weighted by molar-refractivity contribution is -0.143. The number of nitrogens with zero attached hydrogens (tertiary/aromatic N) is 1. The van der Waals surface area contributed by atoms with Crippen molar-refractivity contribution >= 4 is 88.1 Å². The summed E-state index contributed by atoms with van der Waals surface area (Å²) in [6, 6.07) is -0.995. The molecule has 0 aromatic heterocycles. The second-order valence-corrected chi connectivity index (χ2v) is 26.0.